The highest BCUT2D eigenvalue weighted by atomic mass is 16.5. The molecule has 0 aromatic carbocycles. The summed E-state index contributed by atoms with van der Waals surface area (Å²) in [5.74, 6) is -0.504. The number of hydrogen-bond acceptors (Lipinski definition) is 5. The van der Waals surface area contributed by atoms with Crippen molar-refractivity contribution in [2.75, 3.05) is 13.7 Å². The highest BCUT2D eigenvalue weighted by Crippen LogP contribution is 2.27. The molecule has 5 nitrogen and oxygen atoms in total. The minimum absolute atomic E-state index is 0.240. The first-order valence-corrected chi connectivity index (χ1v) is 5.52. The van der Waals surface area contributed by atoms with Gasteiger partial charge in [-0.25, -0.2) is 0 Å². The Morgan fingerprint density at radius 3 is 2.75 bits per heavy atom. The van der Waals surface area contributed by atoms with Crippen LogP contribution in [-0.2, 0) is 19.1 Å². The van der Waals surface area contributed by atoms with Gasteiger partial charge in [-0.1, -0.05) is 0 Å². The number of carbonyl (C=O) groups excluding carboxylic acids is 2. The quantitative estimate of drug-likeness (QED) is 0.716. The van der Waals surface area contributed by atoms with Gasteiger partial charge in [0.25, 0.3) is 0 Å². The molecule has 0 spiro atoms. The van der Waals surface area contributed by atoms with Crippen molar-refractivity contribution in [2.24, 2.45) is 0 Å². The number of rotatable bonds is 4. The molecule has 5 heteroatoms. The maximum Gasteiger partial charge on any atom is 0.323 e. The highest BCUT2D eigenvalue weighted by Gasteiger charge is 2.39. The van der Waals surface area contributed by atoms with Crippen molar-refractivity contribution in [3.05, 3.63) is 0 Å². The molecule has 1 aliphatic heterocycles. The van der Waals surface area contributed by atoms with Crippen LogP contribution in [0.5, 0.6) is 0 Å². The second-order valence-corrected chi connectivity index (χ2v) is 4.30. The predicted molar refractivity (Wildman–Crippen MR) is 57.8 cm³/mol. The number of esters is 2. The normalized spacial score (nSPS) is 28.8. The summed E-state index contributed by atoms with van der Waals surface area (Å²) in [6, 6.07) is -0.297. The topological polar surface area (TPSA) is 64.6 Å². The predicted octanol–water partition coefficient (Wildman–Crippen LogP) is 0.623. The van der Waals surface area contributed by atoms with Crippen molar-refractivity contribution >= 4 is 11.9 Å². The first-order valence-electron chi connectivity index (χ1n) is 5.52. The lowest BCUT2D eigenvalue weighted by atomic mass is 9.96. The summed E-state index contributed by atoms with van der Waals surface area (Å²) in [5, 5.41) is 3.14. The maximum absolute atomic E-state index is 11.5. The lowest BCUT2D eigenvalue weighted by Gasteiger charge is -2.23. The van der Waals surface area contributed by atoms with Gasteiger partial charge in [-0.2, -0.15) is 0 Å². The molecular formula is C11H19NO4. The largest absolute Gasteiger partial charge is 0.469 e. The summed E-state index contributed by atoms with van der Waals surface area (Å²) in [5.41, 5.74) is -0.357. The van der Waals surface area contributed by atoms with E-state index in [4.69, 9.17) is 4.74 Å². The minimum atomic E-state index is -0.357. The third-order valence-electron chi connectivity index (χ3n) is 2.84. The van der Waals surface area contributed by atoms with Crippen LogP contribution in [0.4, 0.5) is 0 Å². The molecule has 1 heterocycles. The van der Waals surface area contributed by atoms with Crippen LogP contribution in [0.25, 0.3) is 0 Å². The Kier molecular flexibility index (Phi) is 4.29. The van der Waals surface area contributed by atoms with E-state index in [1.54, 1.807) is 6.92 Å². The molecule has 0 aliphatic carbocycles. The van der Waals surface area contributed by atoms with E-state index in [1.807, 2.05) is 6.92 Å². The van der Waals surface area contributed by atoms with Crippen molar-refractivity contribution in [3.8, 4) is 0 Å². The molecule has 1 aliphatic rings. The van der Waals surface area contributed by atoms with Crippen LogP contribution in [0.3, 0.4) is 0 Å². The Morgan fingerprint density at radius 2 is 2.19 bits per heavy atom. The van der Waals surface area contributed by atoms with Crippen LogP contribution in [0.15, 0.2) is 0 Å². The molecular weight excluding hydrogens is 210 g/mol. The van der Waals surface area contributed by atoms with E-state index in [1.165, 1.54) is 7.11 Å². The van der Waals surface area contributed by atoms with Crippen LogP contribution in [0, 0.1) is 0 Å². The SMILES string of the molecule is CCOC(=O)[C@@H]1CCC(C)(CC(=O)OC)N1. The number of carbonyl (C=O) groups is 2. The van der Waals surface area contributed by atoms with Gasteiger partial charge in [0.2, 0.25) is 0 Å². The highest BCUT2D eigenvalue weighted by molar-refractivity contribution is 5.77. The fourth-order valence-electron chi connectivity index (χ4n) is 1.98. The Hall–Kier alpha value is -1.10. The Labute approximate surface area is 95.5 Å². The third kappa shape index (κ3) is 3.20. The summed E-state index contributed by atoms with van der Waals surface area (Å²) in [7, 11) is 1.36. The number of hydrogen-bond donors (Lipinski definition) is 1. The van der Waals surface area contributed by atoms with E-state index in [9.17, 15) is 9.59 Å². The first-order chi connectivity index (χ1) is 7.50. The van der Waals surface area contributed by atoms with Crippen LogP contribution in [0.2, 0.25) is 0 Å². The van der Waals surface area contributed by atoms with Gasteiger partial charge < -0.3 is 9.47 Å². The van der Waals surface area contributed by atoms with Gasteiger partial charge in [-0.05, 0) is 26.7 Å². The molecule has 0 aromatic rings. The minimum Gasteiger partial charge on any atom is -0.469 e. The second-order valence-electron chi connectivity index (χ2n) is 4.30. The zero-order valence-corrected chi connectivity index (χ0v) is 10.0. The van der Waals surface area contributed by atoms with Gasteiger partial charge in [0.1, 0.15) is 6.04 Å². The lowest BCUT2D eigenvalue weighted by Crippen LogP contribution is -2.45. The molecule has 0 radical (unpaired) electrons. The van der Waals surface area contributed by atoms with E-state index >= 15 is 0 Å². The molecule has 0 aromatic heterocycles. The molecule has 1 N–H and O–H groups in total. The van der Waals surface area contributed by atoms with E-state index in [2.05, 4.69) is 10.1 Å². The molecule has 16 heavy (non-hydrogen) atoms. The fraction of sp³-hybridized carbons (Fsp3) is 0.818. The molecule has 1 rings (SSSR count). The van der Waals surface area contributed by atoms with E-state index in [0.717, 1.165) is 6.42 Å². The van der Waals surface area contributed by atoms with Gasteiger partial charge in [-0.3, -0.25) is 14.9 Å². The van der Waals surface area contributed by atoms with Crippen LogP contribution >= 0.6 is 0 Å². The Balaban J connectivity index is 2.50. The van der Waals surface area contributed by atoms with E-state index < -0.39 is 0 Å². The summed E-state index contributed by atoms with van der Waals surface area (Å²) in [6.07, 6.45) is 1.75. The maximum atomic E-state index is 11.5. The van der Waals surface area contributed by atoms with Gasteiger partial charge in [0.05, 0.1) is 20.1 Å². The van der Waals surface area contributed by atoms with E-state index in [0.29, 0.717) is 13.0 Å². The summed E-state index contributed by atoms with van der Waals surface area (Å²) in [4.78, 5) is 22.7. The first kappa shape index (κ1) is 13.0. The van der Waals surface area contributed by atoms with Crippen LogP contribution in [-0.4, -0.2) is 37.2 Å². The molecule has 0 amide bonds. The molecule has 0 saturated carbocycles. The third-order valence-corrected chi connectivity index (χ3v) is 2.84. The molecule has 1 saturated heterocycles. The van der Waals surface area contributed by atoms with Gasteiger partial charge in [0.15, 0.2) is 0 Å². The lowest BCUT2D eigenvalue weighted by molar-refractivity contribution is -0.146. The Bertz CT molecular complexity index is 279. The zero-order valence-electron chi connectivity index (χ0n) is 10.0. The molecule has 1 fully saturated rings. The summed E-state index contributed by atoms with van der Waals surface area (Å²) in [6.45, 7) is 4.08. The van der Waals surface area contributed by atoms with E-state index in [-0.39, 0.29) is 29.9 Å². The smallest absolute Gasteiger partial charge is 0.323 e. The monoisotopic (exact) mass is 229 g/mol. The molecule has 92 valence electrons. The van der Waals surface area contributed by atoms with Gasteiger partial charge in [-0.15, -0.1) is 0 Å². The molecule has 0 bridgehead atoms. The van der Waals surface area contributed by atoms with Crippen molar-refractivity contribution in [2.45, 2.75) is 44.7 Å². The second kappa shape index (κ2) is 5.30. The average Bonchev–Trinajstić information content (AvgIpc) is 2.61. The van der Waals surface area contributed by atoms with Crippen molar-refractivity contribution in [1.29, 1.82) is 0 Å². The standard InChI is InChI=1S/C11H19NO4/c1-4-16-10(14)8-5-6-11(2,12-8)7-9(13)15-3/h8,12H,4-7H2,1-3H3/t8-,11?/m0/s1. The van der Waals surface area contributed by atoms with Crippen molar-refractivity contribution in [1.82, 2.24) is 5.32 Å². The number of ether oxygens (including phenoxy) is 2. The van der Waals surface area contributed by atoms with Crippen molar-refractivity contribution in [3.63, 3.8) is 0 Å². The summed E-state index contributed by atoms with van der Waals surface area (Å²) < 4.78 is 9.56. The summed E-state index contributed by atoms with van der Waals surface area (Å²) >= 11 is 0. The van der Waals surface area contributed by atoms with Crippen molar-refractivity contribution < 1.29 is 19.1 Å². The van der Waals surface area contributed by atoms with Crippen LogP contribution < -0.4 is 5.32 Å². The molecule has 1 unspecified atom stereocenters. The average molecular weight is 229 g/mol. The van der Waals surface area contributed by atoms with Gasteiger partial charge >= 0.3 is 11.9 Å². The van der Waals surface area contributed by atoms with Crippen LogP contribution in [0.1, 0.15) is 33.1 Å². The fourth-order valence-corrected chi connectivity index (χ4v) is 1.98. The van der Waals surface area contributed by atoms with Gasteiger partial charge in [0, 0.05) is 5.54 Å². The zero-order chi connectivity index (χ0) is 12.2. The number of methoxy groups -OCH3 is 1. The Morgan fingerprint density at radius 1 is 1.50 bits per heavy atom. The molecule has 2 atom stereocenters. The number of nitrogens with one attached hydrogen (secondary N) is 1.